The van der Waals surface area contributed by atoms with Gasteiger partial charge in [-0.25, -0.2) is 4.98 Å². The molecule has 2 aliphatic rings. The molecule has 0 radical (unpaired) electrons. The van der Waals surface area contributed by atoms with Crippen molar-refractivity contribution in [2.75, 3.05) is 5.73 Å². The van der Waals surface area contributed by atoms with Crippen LogP contribution < -0.4 is 11.2 Å². The molecule has 0 amide bonds. The number of aromatic nitrogens is 1. The predicted molar refractivity (Wildman–Crippen MR) is 77.5 cm³/mol. The fraction of sp³-hybridized carbons (Fsp3) is 0.643. The Morgan fingerprint density at radius 1 is 1.20 bits per heavy atom. The second kappa shape index (κ2) is 3.96. The van der Waals surface area contributed by atoms with E-state index < -0.39 is 23.9 Å². The quantitative estimate of drug-likeness (QED) is 0.786. The first kappa shape index (κ1) is 13.9. The van der Waals surface area contributed by atoms with Gasteiger partial charge in [-0.2, -0.15) is 0 Å². The van der Waals surface area contributed by atoms with Gasteiger partial charge in [0, 0.05) is 11.8 Å². The van der Waals surface area contributed by atoms with Crippen molar-refractivity contribution < 1.29 is 14.4 Å². The first-order valence-electron chi connectivity index (χ1n) is 6.99. The van der Waals surface area contributed by atoms with E-state index in [1.54, 1.807) is 6.20 Å². The minimum atomic E-state index is -0.864. The van der Waals surface area contributed by atoms with E-state index in [4.69, 9.17) is 15.0 Å². The number of nitrogen functional groups attached to an aromatic ring is 1. The van der Waals surface area contributed by atoms with E-state index in [2.05, 4.69) is 4.98 Å². The monoisotopic (exact) mass is 276 g/mol. The largest absolute Gasteiger partial charge is 0.495 e. The summed E-state index contributed by atoms with van der Waals surface area (Å²) < 4.78 is 12.1. The Hall–Kier alpha value is -1.11. The van der Waals surface area contributed by atoms with Gasteiger partial charge >= 0.3 is 7.12 Å². The molecule has 5 nitrogen and oxygen atoms in total. The Balaban J connectivity index is 2.03. The number of hydrogen-bond donors (Lipinski definition) is 2. The number of nitrogens with two attached hydrogens (primary N) is 1. The summed E-state index contributed by atoms with van der Waals surface area (Å²) in [5.41, 5.74) is 5.72. The molecule has 108 valence electrons. The minimum Gasteiger partial charge on any atom is -0.399 e. The molecule has 1 saturated heterocycles. The molecule has 1 aliphatic carbocycles. The average Bonchev–Trinajstić information content (AvgIpc) is 3.00. The lowest BCUT2D eigenvalue weighted by atomic mass is 9.74. The van der Waals surface area contributed by atoms with Gasteiger partial charge in [-0.15, -0.1) is 0 Å². The lowest BCUT2D eigenvalue weighted by Crippen LogP contribution is -2.41. The molecule has 3 rings (SSSR count). The lowest BCUT2D eigenvalue weighted by Gasteiger charge is -2.32. The van der Waals surface area contributed by atoms with Crippen molar-refractivity contribution in [3.05, 3.63) is 17.8 Å². The van der Waals surface area contributed by atoms with E-state index in [1.165, 1.54) is 0 Å². The predicted octanol–water partition coefficient (Wildman–Crippen LogP) is 0.944. The van der Waals surface area contributed by atoms with Crippen molar-refractivity contribution >= 4 is 18.4 Å². The van der Waals surface area contributed by atoms with Gasteiger partial charge in [0.25, 0.3) is 0 Å². The molecule has 2 heterocycles. The topological polar surface area (TPSA) is 77.6 Å². The van der Waals surface area contributed by atoms with E-state index in [0.717, 1.165) is 5.46 Å². The highest BCUT2D eigenvalue weighted by atomic mass is 16.7. The van der Waals surface area contributed by atoms with Crippen LogP contribution in [-0.2, 0) is 14.9 Å². The van der Waals surface area contributed by atoms with Crippen LogP contribution >= 0.6 is 0 Å². The molecule has 1 aliphatic heterocycles. The van der Waals surface area contributed by atoms with Gasteiger partial charge in [-0.05, 0) is 52.1 Å². The van der Waals surface area contributed by atoms with E-state index in [1.807, 2.05) is 33.8 Å². The van der Waals surface area contributed by atoms with Gasteiger partial charge in [0.2, 0.25) is 0 Å². The number of aliphatic hydroxyl groups is 1. The first-order valence-corrected chi connectivity index (χ1v) is 6.99. The van der Waals surface area contributed by atoms with Crippen LogP contribution in [0.3, 0.4) is 0 Å². The highest BCUT2D eigenvalue weighted by Crippen LogP contribution is 2.47. The molecule has 1 saturated carbocycles. The van der Waals surface area contributed by atoms with Gasteiger partial charge in [0.05, 0.1) is 16.8 Å². The van der Waals surface area contributed by atoms with Crippen molar-refractivity contribution in [3.63, 3.8) is 0 Å². The second-order valence-corrected chi connectivity index (χ2v) is 6.78. The van der Waals surface area contributed by atoms with Crippen molar-refractivity contribution in [2.45, 2.75) is 57.3 Å². The summed E-state index contributed by atoms with van der Waals surface area (Å²) in [6.45, 7) is 8.01. The normalized spacial score (nSPS) is 25.8. The van der Waals surface area contributed by atoms with Crippen molar-refractivity contribution in [1.82, 2.24) is 4.98 Å². The maximum Gasteiger partial charge on any atom is 0.495 e. The fourth-order valence-corrected chi connectivity index (χ4v) is 2.54. The van der Waals surface area contributed by atoms with Crippen LogP contribution in [-0.4, -0.2) is 28.4 Å². The molecule has 3 N–H and O–H groups in total. The van der Waals surface area contributed by atoms with Crippen LogP contribution in [0.25, 0.3) is 0 Å². The van der Waals surface area contributed by atoms with Gasteiger partial charge < -0.3 is 20.1 Å². The van der Waals surface area contributed by atoms with Gasteiger partial charge in [-0.1, -0.05) is 0 Å². The Morgan fingerprint density at radius 3 is 2.25 bits per heavy atom. The molecule has 6 heteroatoms. The van der Waals surface area contributed by atoms with Crippen LogP contribution in [0, 0.1) is 0 Å². The third-order valence-corrected chi connectivity index (χ3v) is 4.71. The molecule has 2 fully saturated rings. The lowest BCUT2D eigenvalue weighted by molar-refractivity contribution is 0.00578. The Labute approximate surface area is 119 Å². The maximum atomic E-state index is 10.5. The first-order chi connectivity index (χ1) is 9.16. The molecule has 0 spiro atoms. The molecular weight excluding hydrogens is 255 g/mol. The van der Waals surface area contributed by atoms with Gasteiger partial charge in [-0.3, -0.25) is 0 Å². The summed E-state index contributed by atoms with van der Waals surface area (Å²) in [6, 6.07) is 1.82. The number of anilines is 1. The van der Waals surface area contributed by atoms with Crippen LogP contribution in [0.5, 0.6) is 0 Å². The Morgan fingerprint density at radius 2 is 1.75 bits per heavy atom. The minimum absolute atomic E-state index is 0.359. The molecule has 0 unspecified atom stereocenters. The zero-order valence-electron chi connectivity index (χ0n) is 12.4. The van der Waals surface area contributed by atoms with Crippen molar-refractivity contribution in [2.24, 2.45) is 0 Å². The zero-order valence-corrected chi connectivity index (χ0v) is 12.4. The molecule has 1 aromatic heterocycles. The smallest absolute Gasteiger partial charge is 0.399 e. The molecule has 20 heavy (non-hydrogen) atoms. The number of hydrogen-bond acceptors (Lipinski definition) is 5. The zero-order chi connectivity index (χ0) is 14.8. The van der Waals surface area contributed by atoms with E-state index in [-0.39, 0.29) is 0 Å². The van der Waals surface area contributed by atoms with E-state index in [9.17, 15) is 5.11 Å². The maximum absolute atomic E-state index is 10.5. The second-order valence-electron chi connectivity index (χ2n) is 6.78. The van der Waals surface area contributed by atoms with E-state index in [0.29, 0.717) is 24.2 Å². The Kier molecular flexibility index (Phi) is 2.75. The van der Waals surface area contributed by atoms with Crippen LogP contribution in [0.1, 0.15) is 46.1 Å². The van der Waals surface area contributed by atoms with E-state index >= 15 is 0 Å². The summed E-state index contributed by atoms with van der Waals surface area (Å²) in [4.78, 5) is 4.10. The molecule has 0 bridgehead atoms. The summed E-state index contributed by atoms with van der Waals surface area (Å²) in [5, 5.41) is 10.5. The SMILES string of the molecule is CC1(C)OB(c2ccnc(N)c2C2(O)CC2)OC1(C)C. The standard InChI is InChI=1S/C14H21BN2O3/c1-12(2)13(3,4)20-15(19-12)9-5-8-17-11(16)10(9)14(18)6-7-14/h5,8,18H,6-7H2,1-4H3,(H2,16,17). The van der Waals surface area contributed by atoms with Crippen molar-refractivity contribution in [1.29, 1.82) is 0 Å². The van der Waals surface area contributed by atoms with Crippen molar-refractivity contribution in [3.8, 4) is 0 Å². The third kappa shape index (κ3) is 1.94. The highest BCUT2D eigenvalue weighted by Gasteiger charge is 2.55. The number of rotatable bonds is 2. The summed E-state index contributed by atoms with van der Waals surface area (Å²) in [6.07, 6.45) is 3.04. The fourth-order valence-electron chi connectivity index (χ4n) is 2.54. The van der Waals surface area contributed by atoms with Gasteiger partial charge in [0.15, 0.2) is 0 Å². The van der Waals surface area contributed by atoms with Crippen LogP contribution in [0.15, 0.2) is 12.3 Å². The summed E-state index contributed by atoms with van der Waals surface area (Å²) in [5.74, 6) is 0.359. The molecule has 0 atom stereocenters. The Bertz CT molecular complexity index is 539. The molecule has 1 aromatic rings. The summed E-state index contributed by atoms with van der Waals surface area (Å²) >= 11 is 0. The highest BCUT2D eigenvalue weighted by molar-refractivity contribution is 6.62. The average molecular weight is 276 g/mol. The third-order valence-electron chi connectivity index (χ3n) is 4.71. The molecule has 0 aromatic carbocycles. The van der Waals surface area contributed by atoms with Gasteiger partial charge in [0.1, 0.15) is 5.82 Å². The summed E-state index contributed by atoms with van der Waals surface area (Å²) in [7, 11) is -0.523. The number of nitrogens with zero attached hydrogens (tertiary/aromatic N) is 1. The number of pyridine rings is 1. The molecular formula is C14H21BN2O3. The van der Waals surface area contributed by atoms with Crippen LogP contribution in [0.4, 0.5) is 5.82 Å². The van der Waals surface area contributed by atoms with Crippen LogP contribution in [0.2, 0.25) is 0 Å².